The van der Waals surface area contributed by atoms with Gasteiger partial charge in [-0.05, 0) is 26.2 Å². The molecule has 2 nitrogen and oxygen atoms in total. The van der Waals surface area contributed by atoms with E-state index in [0.717, 1.165) is 42.9 Å². The summed E-state index contributed by atoms with van der Waals surface area (Å²) in [6.45, 7) is 5.08. The van der Waals surface area contributed by atoms with Crippen LogP contribution in [0.2, 0.25) is 5.02 Å². The molecular weight excluding hydrogens is 231 g/mol. The zero-order chi connectivity index (χ0) is 11.3. The summed E-state index contributed by atoms with van der Waals surface area (Å²) in [7, 11) is 0. The maximum atomic E-state index is 6.17. The highest BCUT2D eigenvalue weighted by molar-refractivity contribution is 6.31. The molecule has 1 rings (SSSR count). The van der Waals surface area contributed by atoms with Gasteiger partial charge in [0, 0.05) is 11.9 Å². The van der Waals surface area contributed by atoms with E-state index >= 15 is 0 Å². The summed E-state index contributed by atoms with van der Waals surface area (Å²) in [5.74, 6) is 0. The molecule has 1 unspecified atom stereocenters. The van der Waals surface area contributed by atoms with Gasteiger partial charge in [0.2, 0.25) is 0 Å². The molecule has 0 N–H and O–H groups in total. The first-order valence-electron chi connectivity index (χ1n) is 5.53. The van der Waals surface area contributed by atoms with Gasteiger partial charge in [0.25, 0.3) is 0 Å². The van der Waals surface area contributed by atoms with Gasteiger partial charge in [-0.15, -0.1) is 11.6 Å². The largest absolute Gasteiger partial charge is 0.268 e. The fourth-order valence-electron chi connectivity index (χ4n) is 1.66. The van der Waals surface area contributed by atoms with E-state index in [1.54, 1.807) is 6.20 Å². The summed E-state index contributed by atoms with van der Waals surface area (Å²) in [6.07, 6.45) is 5.81. The first-order chi connectivity index (χ1) is 7.19. The number of hydrogen-bond donors (Lipinski definition) is 0. The molecule has 15 heavy (non-hydrogen) atoms. The zero-order valence-electron chi connectivity index (χ0n) is 9.34. The van der Waals surface area contributed by atoms with Crippen LogP contribution in [0.25, 0.3) is 0 Å². The predicted molar refractivity (Wildman–Crippen MR) is 65.8 cm³/mol. The van der Waals surface area contributed by atoms with Crippen molar-refractivity contribution in [3.63, 3.8) is 0 Å². The number of rotatable bonds is 6. The average Bonchev–Trinajstić information content (AvgIpc) is 2.57. The lowest BCUT2D eigenvalue weighted by molar-refractivity contribution is 0.594. The Labute approximate surface area is 102 Å². The average molecular weight is 249 g/mol. The van der Waals surface area contributed by atoms with Crippen molar-refractivity contribution in [2.24, 2.45) is 0 Å². The zero-order valence-corrected chi connectivity index (χ0v) is 10.9. The molecule has 0 spiro atoms. The van der Waals surface area contributed by atoms with E-state index in [1.165, 1.54) is 0 Å². The van der Waals surface area contributed by atoms with Crippen LogP contribution in [0.1, 0.15) is 38.8 Å². The molecule has 1 heterocycles. The van der Waals surface area contributed by atoms with Crippen molar-refractivity contribution in [1.82, 2.24) is 9.78 Å². The van der Waals surface area contributed by atoms with E-state index in [4.69, 9.17) is 23.2 Å². The quantitative estimate of drug-likeness (QED) is 0.699. The van der Waals surface area contributed by atoms with Gasteiger partial charge in [-0.3, -0.25) is 4.68 Å². The maximum absolute atomic E-state index is 6.17. The molecular formula is C11H18Cl2N2. The van der Waals surface area contributed by atoms with E-state index < -0.39 is 0 Å². The molecule has 4 heteroatoms. The van der Waals surface area contributed by atoms with Crippen LogP contribution < -0.4 is 0 Å². The number of aryl methyl sites for hydroxylation is 1. The molecule has 1 atom stereocenters. The van der Waals surface area contributed by atoms with Crippen LogP contribution in [0.15, 0.2) is 6.20 Å². The third kappa shape index (κ3) is 3.69. The molecule has 0 aliphatic heterocycles. The van der Waals surface area contributed by atoms with Crippen LogP contribution in [-0.4, -0.2) is 15.2 Å². The van der Waals surface area contributed by atoms with Crippen molar-refractivity contribution in [2.45, 2.75) is 51.5 Å². The minimum atomic E-state index is 0.256. The van der Waals surface area contributed by atoms with Crippen LogP contribution in [0, 0.1) is 0 Å². The van der Waals surface area contributed by atoms with Crippen molar-refractivity contribution >= 4 is 23.2 Å². The third-order valence-corrected chi connectivity index (χ3v) is 3.25. The second kappa shape index (κ2) is 6.39. The number of nitrogens with zero attached hydrogens (tertiary/aromatic N) is 2. The highest BCUT2D eigenvalue weighted by atomic mass is 35.5. The fraction of sp³-hybridized carbons (Fsp3) is 0.727. The Balaban J connectivity index is 2.52. The molecule has 0 aromatic carbocycles. The van der Waals surface area contributed by atoms with Gasteiger partial charge in [-0.25, -0.2) is 0 Å². The van der Waals surface area contributed by atoms with E-state index in [2.05, 4.69) is 18.9 Å². The lowest BCUT2D eigenvalue weighted by Crippen LogP contribution is -2.06. The Morgan fingerprint density at radius 2 is 2.13 bits per heavy atom. The lowest BCUT2D eigenvalue weighted by atomic mass is 10.1. The molecule has 0 radical (unpaired) electrons. The number of aromatic nitrogens is 2. The SMILES string of the molecule is CCCC(Cl)CCc1c(Cl)cnn1CC. The van der Waals surface area contributed by atoms with Crippen LogP contribution >= 0.6 is 23.2 Å². The molecule has 1 aromatic heterocycles. The molecule has 0 amide bonds. The first kappa shape index (κ1) is 12.9. The van der Waals surface area contributed by atoms with E-state index in [9.17, 15) is 0 Å². The van der Waals surface area contributed by atoms with Crippen LogP contribution in [-0.2, 0) is 13.0 Å². The lowest BCUT2D eigenvalue weighted by Gasteiger charge is -2.09. The Hall–Kier alpha value is -0.210. The highest BCUT2D eigenvalue weighted by Gasteiger charge is 2.10. The smallest absolute Gasteiger partial charge is 0.0817 e. The Bertz CT molecular complexity index is 297. The van der Waals surface area contributed by atoms with E-state index in [1.807, 2.05) is 4.68 Å². The molecule has 1 aromatic rings. The number of hydrogen-bond acceptors (Lipinski definition) is 1. The summed E-state index contributed by atoms with van der Waals surface area (Å²) in [5.41, 5.74) is 1.11. The summed E-state index contributed by atoms with van der Waals surface area (Å²) in [6, 6.07) is 0. The molecule has 0 saturated heterocycles. The van der Waals surface area contributed by atoms with Crippen molar-refractivity contribution < 1.29 is 0 Å². The van der Waals surface area contributed by atoms with Crippen LogP contribution in [0.4, 0.5) is 0 Å². The standard InChI is InChI=1S/C11H18Cl2N2/c1-3-5-9(12)6-7-11-10(13)8-14-15(11)4-2/h8-9H,3-7H2,1-2H3. The fourth-order valence-corrected chi connectivity index (χ4v) is 2.22. The van der Waals surface area contributed by atoms with E-state index in [0.29, 0.717) is 0 Å². The van der Waals surface area contributed by atoms with Crippen molar-refractivity contribution in [2.75, 3.05) is 0 Å². The van der Waals surface area contributed by atoms with Gasteiger partial charge >= 0.3 is 0 Å². The topological polar surface area (TPSA) is 17.8 Å². The van der Waals surface area contributed by atoms with Crippen LogP contribution in [0.3, 0.4) is 0 Å². The molecule has 0 aliphatic carbocycles. The highest BCUT2D eigenvalue weighted by Crippen LogP contribution is 2.20. The van der Waals surface area contributed by atoms with Crippen molar-refractivity contribution in [3.8, 4) is 0 Å². The third-order valence-electron chi connectivity index (χ3n) is 2.49. The second-order valence-electron chi connectivity index (χ2n) is 3.68. The summed E-state index contributed by atoms with van der Waals surface area (Å²) < 4.78 is 1.94. The van der Waals surface area contributed by atoms with Gasteiger partial charge in [-0.2, -0.15) is 5.10 Å². The minimum Gasteiger partial charge on any atom is -0.268 e. The molecule has 0 saturated carbocycles. The Morgan fingerprint density at radius 1 is 1.40 bits per heavy atom. The minimum absolute atomic E-state index is 0.256. The molecule has 0 fully saturated rings. The van der Waals surface area contributed by atoms with Gasteiger partial charge in [0.05, 0.1) is 16.9 Å². The number of alkyl halides is 1. The Morgan fingerprint density at radius 3 is 2.73 bits per heavy atom. The van der Waals surface area contributed by atoms with Gasteiger partial charge in [0.15, 0.2) is 0 Å². The summed E-state index contributed by atoms with van der Waals surface area (Å²) in [5, 5.41) is 5.22. The monoisotopic (exact) mass is 248 g/mol. The normalized spacial score (nSPS) is 13.1. The molecule has 86 valence electrons. The van der Waals surface area contributed by atoms with Crippen LogP contribution in [0.5, 0.6) is 0 Å². The maximum Gasteiger partial charge on any atom is 0.0817 e. The van der Waals surface area contributed by atoms with Gasteiger partial charge in [0.1, 0.15) is 0 Å². The van der Waals surface area contributed by atoms with E-state index in [-0.39, 0.29) is 5.38 Å². The van der Waals surface area contributed by atoms with Crippen molar-refractivity contribution in [1.29, 1.82) is 0 Å². The van der Waals surface area contributed by atoms with Gasteiger partial charge in [-0.1, -0.05) is 24.9 Å². The Kier molecular flexibility index (Phi) is 5.48. The summed E-state index contributed by atoms with van der Waals surface area (Å²) in [4.78, 5) is 0. The molecule has 0 aliphatic rings. The van der Waals surface area contributed by atoms with Gasteiger partial charge < -0.3 is 0 Å². The summed E-state index contributed by atoms with van der Waals surface area (Å²) >= 11 is 12.2. The number of halogens is 2. The van der Waals surface area contributed by atoms with Crippen molar-refractivity contribution in [3.05, 3.63) is 16.9 Å². The predicted octanol–water partition coefficient (Wildman–Crippen LogP) is 3.90. The second-order valence-corrected chi connectivity index (χ2v) is 4.70. The first-order valence-corrected chi connectivity index (χ1v) is 6.34. The molecule has 0 bridgehead atoms.